The van der Waals surface area contributed by atoms with E-state index < -0.39 is 0 Å². The molecule has 2 aliphatic rings. The molecular weight excluding hydrogens is 402 g/mol. The number of ether oxygens (including phenoxy) is 1. The summed E-state index contributed by atoms with van der Waals surface area (Å²) in [5.41, 5.74) is 1.04. The first-order chi connectivity index (χ1) is 13.0. The Morgan fingerprint density at radius 3 is 2.39 bits per heavy atom. The van der Waals surface area contributed by atoms with Gasteiger partial charge >= 0.3 is 0 Å². The Morgan fingerprint density at radius 1 is 1.07 bits per heavy atom. The molecule has 1 aliphatic heterocycles. The molecule has 1 aliphatic carbocycles. The van der Waals surface area contributed by atoms with Crippen molar-refractivity contribution >= 4 is 29.9 Å². The highest BCUT2D eigenvalue weighted by molar-refractivity contribution is 6.30. The van der Waals surface area contributed by atoms with Gasteiger partial charge in [0.15, 0.2) is 6.61 Å². The van der Waals surface area contributed by atoms with Gasteiger partial charge < -0.3 is 9.64 Å². The number of hydrogen-bond donors (Lipinski definition) is 0. The van der Waals surface area contributed by atoms with Gasteiger partial charge in [0.25, 0.3) is 5.91 Å². The normalized spacial score (nSPS) is 17.9. The molecule has 1 saturated carbocycles. The number of amides is 1. The summed E-state index contributed by atoms with van der Waals surface area (Å²) in [7, 11) is 0. The van der Waals surface area contributed by atoms with Crippen LogP contribution in [0.15, 0.2) is 48.5 Å². The fourth-order valence-corrected chi connectivity index (χ4v) is 3.88. The SMILES string of the molecule is Cl.O=C(COc1ccc(Cl)cc1)N1CCN(Cc2ccc(F)cc2)CC12CC2. The Morgan fingerprint density at radius 2 is 1.75 bits per heavy atom. The molecule has 1 spiro atoms. The molecule has 1 saturated heterocycles. The van der Waals surface area contributed by atoms with Crippen LogP contribution in [0, 0.1) is 5.82 Å². The molecule has 0 bridgehead atoms. The van der Waals surface area contributed by atoms with Gasteiger partial charge in [-0.05, 0) is 54.8 Å². The van der Waals surface area contributed by atoms with Gasteiger partial charge in [-0.25, -0.2) is 4.39 Å². The van der Waals surface area contributed by atoms with Crippen molar-refractivity contribution in [3.05, 3.63) is 64.9 Å². The Labute approximate surface area is 175 Å². The molecule has 2 fully saturated rings. The lowest BCUT2D eigenvalue weighted by Crippen LogP contribution is -2.57. The highest BCUT2D eigenvalue weighted by Gasteiger charge is 2.52. The lowest BCUT2D eigenvalue weighted by atomic mass is 10.1. The third-order valence-corrected chi connectivity index (χ3v) is 5.61. The van der Waals surface area contributed by atoms with Crippen molar-refractivity contribution in [2.75, 3.05) is 26.2 Å². The number of benzene rings is 2. The van der Waals surface area contributed by atoms with Gasteiger partial charge in [0, 0.05) is 31.2 Å². The Hall–Kier alpha value is -1.82. The van der Waals surface area contributed by atoms with Gasteiger partial charge in [0.2, 0.25) is 0 Å². The second-order valence-electron chi connectivity index (χ2n) is 7.35. The summed E-state index contributed by atoms with van der Waals surface area (Å²) >= 11 is 5.87. The van der Waals surface area contributed by atoms with E-state index >= 15 is 0 Å². The summed E-state index contributed by atoms with van der Waals surface area (Å²) in [6, 6.07) is 13.7. The summed E-state index contributed by atoms with van der Waals surface area (Å²) < 4.78 is 18.7. The molecule has 2 aromatic carbocycles. The van der Waals surface area contributed by atoms with Gasteiger partial charge in [-0.15, -0.1) is 12.4 Å². The topological polar surface area (TPSA) is 32.8 Å². The maximum absolute atomic E-state index is 13.1. The predicted octanol–water partition coefficient (Wildman–Crippen LogP) is 4.16. The van der Waals surface area contributed by atoms with Crippen LogP contribution in [0.1, 0.15) is 18.4 Å². The summed E-state index contributed by atoms with van der Waals surface area (Å²) in [5.74, 6) is 0.463. The molecule has 1 heterocycles. The van der Waals surface area contributed by atoms with Crippen LogP contribution in [0.25, 0.3) is 0 Å². The number of piperazine rings is 1. The summed E-state index contributed by atoms with van der Waals surface area (Å²) in [6.45, 7) is 3.19. The van der Waals surface area contributed by atoms with E-state index in [9.17, 15) is 9.18 Å². The largest absolute Gasteiger partial charge is 0.484 e. The van der Waals surface area contributed by atoms with E-state index in [0.29, 0.717) is 17.3 Å². The average Bonchev–Trinajstić information content (AvgIpc) is 3.42. The monoisotopic (exact) mass is 424 g/mol. The summed E-state index contributed by atoms with van der Waals surface area (Å²) in [5, 5.41) is 0.642. The van der Waals surface area contributed by atoms with Crippen molar-refractivity contribution in [1.82, 2.24) is 9.80 Å². The van der Waals surface area contributed by atoms with Crippen LogP contribution in [-0.4, -0.2) is 47.5 Å². The number of rotatable bonds is 5. The lowest BCUT2D eigenvalue weighted by molar-refractivity contribution is -0.139. The van der Waals surface area contributed by atoms with Crippen LogP contribution in [0.5, 0.6) is 5.75 Å². The molecular formula is C21H23Cl2FN2O2. The lowest BCUT2D eigenvalue weighted by Gasteiger charge is -2.42. The van der Waals surface area contributed by atoms with E-state index in [0.717, 1.165) is 38.0 Å². The minimum absolute atomic E-state index is 0. The van der Waals surface area contributed by atoms with E-state index in [1.54, 1.807) is 24.3 Å². The van der Waals surface area contributed by atoms with Crippen LogP contribution in [0.4, 0.5) is 4.39 Å². The molecule has 4 rings (SSSR count). The van der Waals surface area contributed by atoms with Gasteiger partial charge in [0.1, 0.15) is 11.6 Å². The van der Waals surface area contributed by atoms with E-state index in [4.69, 9.17) is 16.3 Å². The van der Waals surface area contributed by atoms with E-state index in [1.807, 2.05) is 17.0 Å². The van der Waals surface area contributed by atoms with Crippen molar-refractivity contribution < 1.29 is 13.9 Å². The number of carbonyl (C=O) groups excluding carboxylic acids is 1. The number of nitrogens with zero attached hydrogens (tertiary/aromatic N) is 2. The first kappa shape index (κ1) is 20.9. The van der Waals surface area contributed by atoms with E-state index in [2.05, 4.69) is 4.90 Å². The van der Waals surface area contributed by atoms with E-state index in [1.165, 1.54) is 12.1 Å². The van der Waals surface area contributed by atoms with Crippen LogP contribution in [0.3, 0.4) is 0 Å². The van der Waals surface area contributed by atoms with Crippen molar-refractivity contribution in [3.8, 4) is 5.75 Å². The summed E-state index contributed by atoms with van der Waals surface area (Å²) in [6.07, 6.45) is 2.05. The number of hydrogen-bond acceptors (Lipinski definition) is 3. The van der Waals surface area contributed by atoms with E-state index in [-0.39, 0.29) is 36.3 Å². The van der Waals surface area contributed by atoms with Crippen LogP contribution >= 0.6 is 24.0 Å². The second kappa shape index (κ2) is 8.68. The molecule has 0 atom stereocenters. The van der Waals surface area contributed by atoms with Crippen molar-refractivity contribution in [3.63, 3.8) is 0 Å². The molecule has 0 aromatic heterocycles. The Bertz CT molecular complexity index is 810. The molecule has 1 amide bonds. The molecule has 150 valence electrons. The molecule has 2 aromatic rings. The smallest absolute Gasteiger partial charge is 0.261 e. The third-order valence-electron chi connectivity index (χ3n) is 5.35. The third kappa shape index (κ3) is 4.77. The zero-order valence-corrected chi connectivity index (χ0v) is 17.0. The first-order valence-electron chi connectivity index (χ1n) is 9.20. The number of carbonyl (C=O) groups is 1. The van der Waals surface area contributed by atoms with Gasteiger partial charge in [0.05, 0.1) is 5.54 Å². The van der Waals surface area contributed by atoms with Crippen LogP contribution in [0.2, 0.25) is 5.02 Å². The maximum atomic E-state index is 13.1. The van der Waals surface area contributed by atoms with Crippen molar-refractivity contribution in [2.24, 2.45) is 0 Å². The average molecular weight is 425 g/mol. The molecule has 0 N–H and O–H groups in total. The molecule has 4 nitrogen and oxygen atoms in total. The molecule has 28 heavy (non-hydrogen) atoms. The zero-order chi connectivity index (χ0) is 18.9. The molecule has 0 unspecified atom stereocenters. The minimum Gasteiger partial charge on any atom is -0.484 e. The first-order valence-corrected chi connectivity index (χ1v) is 9.58. The number of halogens is 3. The maximum Gasteiger partial charge on any atom is 0.261 e. The quantitative estimate of drug-likeness (QED) is 0.722. The highest BCUT2D eigenvalue weighted by Crippen LogP contribution is 2.44. The van der Waals surface area contributed by atoms with Gasteiger partial charge in [-0.3, -0.25) is 9.69 Å². The zero-order valence-electron chi connectivity index (χ0n) is 15.4. The predicted molar refractivity (Wildman–Crippen MR) is 110 cm³/mol. The summed E-state index contributed by atoms with van der Waals surface area (Å²) in [4.78, 5) is 17.1. The fraction of sp³-hybridized carbons (Fsp3) is 0.381. The second-order valence-corrected chi connectivity index (χ2v) is 7.79. The van der Waals surface area contributed by atoms with Gasteiger partial charge in [-0.1, -0.05) is 23.7 Å². The molecule has 7 heteroatoms. The Kier molecular flexibility index (Phi) is 6.48. The van der Waals surface area contributed by atoms with Gasteiger partial charge in [-0.2, -0.15) is 0 Å². The Balaban J connectivity index is 0.00000225. The highest BCUT2D eigenvalue weighted by atomic mass is 35.5. The minimum atomic E-state index is -0.214. The van der Waals surface area contributed by atoms with Crippen LogP contribution in [-0.2, 0) is 11.3 Å². The van der Waals surface area contributed by atoms with Crippen molar-refractivity contribution in [2.45, 2.75) is 24.9 Å². The van der Waals surface area contributed by atoms with Crippen LogP contribution < -0.4 is 4.74 Å². The molecule has 0 radical (unpaired) electrons. The van der Waals surface area contributed by atoms with Crippen molar-refractivity contribution in [1.29, 1.82) is 0 Å². The fourth-order valence-electron chi connectivity index (χ4n) is 3.76. The standard InChI is InChI=1S/C21H22ClFN2O2.ClH/c22-17-3-7-19(8-4-17)27-14-20(26)25-12-11-24(15-21(25)9-10-21)13-16-1-5-18(23)6-2-16;/h1-8H,9-15H2;1H.